The van der Waals surface area contributed by atoms with Gasteiger partial charge in [0.1, 0.15) is 5.69 Å². The SMILES string of the molecule is O=C(c1cc2ccc(Br)cc2[nH]1)N1CCN(C(=O)c2ccccc2C(F)(F)F)CC1. The van der Waals surface area contributed by atoms with Crippen molar-refractivity contribution in [2.45, 2.75) is 6.18 Å². The number of carbonyl (C=O) groups excluding carboxylic acids is 2. The summed E-state index contributed by atoms with van der Waals surface area (Å²) in [4.78, 5) is 31.5. The zero-order valence-electron chi connectivity index (χ0n) is 15.7. The van der Waals surface area contributed by atoms with Gasteiger partial charge in [-0.2, -0.15) is 13.2 Å². The quantitative estimate of drug-likeness (QED) is 0.586. The van der Waals surface area contributed by atoms with E-state index in [-0.39, 0.29) is 37.6 Å². The second-order valence-corrected chi connectivity index (χ2v) is 7.96. The minimum Gasteiger partial charge on any atom is -0.350 e. The molecule has 5 nitrogen and oxygen atoms in total. The van der Waals surface area contributed by atoms with Gasteiger partial charge in [0.15, 0.2) is 0 Å². The summed E-state index contributed by atoms with van der Waals surface area (Å²) >= 11 is 3.39. The van der Waals surface area contributed by atoms with E-state index < -0.39 is 17.6 Å². The lowest BCUT2D eigenvalue weighted by Gasteiger charge is -2.35. The van der Waals surface area contributed by atoms with Crippen molar-refractivity contribution < 1.29 is 22.8 Å². The summed E-state index contributed by atoms with van der Waals surface area (Å²) in [7, 11) is 0. The molecule has 0 radical (unpaired) electrons. The van der Waals surface area contributed by atoms with Gasteiger partial charge in [-0.15, -0.1) is 0 Å². The first-order chi connectivity index (χ1) is 14.2. The Bertz CT molecular complexity index is 1120. The first-order valence-electron chi connectivity index (χ1n) is 9.27. The smallest absolute Gasteiger partial charge is 0.350 e. The van der Waals surface area contributed by atoms with E-state index in [4.69, 9.17) is 0 Å². The Labute approximate surface area is 178 Å². The van der Waals surface area contributed by atoms with E-state index in [0.717, 1.165) is 21.4 Å². The summed E-state index contributed by atoms with van der Waals surface area (Å²) in [6.07, 6.45) is -4.60. The molecule has 0 bridgehead atoms. The molecule has 1 fully saturated rings. The lowest BCUT2D eigenvalue weighted by atomic mass is 10.1. The Kier molecular flexibility index (Phi) is 5.31. The maximum atomic E-state index is 13.2. The van der Waals surface area contributed by atoms with Crippen molar-refractivity contribution in [3.63, 3.8) is 0 Å². The van der Waals surface area contributed by atoms with Crippen molar-refractivity contribution in [2.75, 3.05) is 26.2 Å². The van der Waals surface area contributed by atoms with Crippen LogP contribution in [0, 0.1) is 0 Å². The fraction of sp³-hybridized carbons (Fsp3) is 0.238. The molecule has 1 aliphatic rings. The molecule has 0 aliphatic carbocycles. The van der Waals surface area contributed by atoms with Crippen LogP contribution in [0.1, 0.15) is 26.4 Å². The van der Waals surface area contributed by atoms with Crippen molar-refractivity contribution in [3.8, 4) is 0 Å². The Balaban J connectivity index is 1.46. The van der Waals surface area contributed by atoms with Crippen LogP contribution >= 0.6 is 15.9 Å². The topological polar surface area (TPSA) is 56.4 Å². The highest BCUT2D eigenvalue weighted by atomic mass is 79.9. The molecule has 4 rings (SSSR count). The highest BCUT2D eigenvalue weighted by Gasteiger charge is 2.36. The molecule has 1 aliphatic heterocycles. The first kappa shape index (κ1) is 20.5. The van der Waals surface area contributed by atoms with Gasteiger partial charge in [0.2, 0.25) is 0 Å². The molecule has 0 unspecified atom stereocenters. The summed E-state index contributed by atoms with van der Waals surface area (Å²) < 4.78 is 40.5. The van der Waals surface area contributed by atoms with Gasteiger partial charge in [0.25, 0.3) is 11.8 Å². The number of aromatic nitrogens is 1. The van der Waals surface area contributed by atoms with Crippen molar-refractivity contribution in [1.29, 1.82) is 0 Å². The second-order valence-electron chi connectivity index (χ2n) is 7.04. The van der Waals surface area contributed by atoms with Gasteiger partial charge in [-0.1, -0.05) is 34.1 Å². The number of rotatable bonds is 2. The number of fused-ring (bicyclic) bond motifs is 1. The average molecular weight is 480 g/mol. The van der Waals surface area contributed by atoms with Crippen LogP contribution in [0.15, 0.2) is 53.0 Å². The van der Waals surface area contributed by atoms with Crippen LogP contribution in [0.25, 0.3) is 10.9 Å². The predicted molar refractivity (Wildman–Crippen MR) is 109 cm³/mol. The molecule has 30 heavy (non-hydrogen) atoms. The van der Waals surface area contributed by atoms with Crippen molar-refractivity contribution >= 4 is 38.6 Å². The van der Waals surface area contributed by atoms with Crippen molar-refractivity contribution in [3.05, 3.63) is 69.8 Å². The summed E-state index contributed by atoms with van der Waals surface area (Å²) in [5, 5.41) is 0.902. The van der Waals surface area contributed by atoms with Crippen molar-refractivity contribution in [1.82, 2.24) is 14.8 Å². The van der Waals surface area contributed by atoms with E-state index in [1.165, 1.54) is 23.1 Å². The molecule has 9 heteroatoms. The molecule has 0 saturated carbocycles. The lowest BCUT2D eigenvalue weighted by molar-refractivity contribution is -0.138. The number of H-pyrrole nitrogens is 1. The van der Waals surface area contributed by atoms with Gasteiger partial charge >= 0.3 is 6.18 Å². The number of piperazine rings is 1. The van der Waals surface area contributed by atoms with Crippen LogP contribution in [0.3, 0.4) is 0 Å². The highest BCUT2D eigenvalue weighted by molar-refractivity contribution is 9.10. The molecule has 0 atom stereocenters. The number of hydrogen-bond donors (Lipinski definition) is 1. The highest BCUT2D eigenvalue weighted by Crippen LogP contribution is 2.32. The normalized spacial score (nSPS) is 14.9. The van der Waals surface area contributed by atoms with Crippen LogP contribution in [-0.2, 0) is 6.18 Å². The molecular formula is C21H17BrF3N3O2. The van der Waals surface area contributed by atoms with Crippen LogP contribution in [0.2, 0.25) is 0 Å². The minimum atomic E-state index is -4.60. The Morgan fingerprint density at radius 1 is 0.900 bits per heavy atom. The minimum absolute atomic E-state index is 0.169. The molecule has 1 N–H and O–H groups in total. The van der Waals surface area contributed by atoms with Crippen LogP contribution in [0.4, 0.5) is 13.2 Å². The fourth-order valence-corrected chi connectivity index (χ4v) is 3.95. The summed E-state index contributed by atoms with van der Waals surface area (Å²) in [6.45, 7) is 0.834. The maximum absolute atomic E-state index is 13.2. The molecule has 1 aromatic heterocycles. The number of carbonyl (C=O) groups is 2. The Morgan fingerprint density at radius 2 is 1.53 bits per heavy atom. The molecule has 3 aromatic rings. The number of hydrogen-bond acceptors (Lipinski definition) is 2. The largest absolute Gasteiger partial charge is 0.417 e. The summed E-state index contributed by atoms with van der Waals surface area (Å²) in [6, 6.07) is 12.2. The maximum Gasteiger partial charge on any atom is 0.417 e. The van der Waals surface area contributed by atoms with E-state index in [1.54, 1.807) is 11.0 Å². The number of aromatic amines is 1. The number of amides is 2. The van der Waals surface area contributed by atoms with E-state index >= 15 is 0 Å². The predicted octanol–water partition coefficient (Wildman–Crippen LogP) is 4.55. The third-order valence-corrected chi connectivity index (χ3v) is 5.63. The number of nitrogens with one attached hydrogen (secondary N) is 1. The van der Waals surface area contributed by atoms with Crippen LogP contribution in [-0.4, -0.2) is 52.8 Å². The Hall–Kier alpha value is -2.81. The molecule has 1 saturated heterocycles. The van der Waals surface area contributed by atoms with Gasteiger partial charge in [-0.3, -0.25) is 9.59 Å². The fourth-order valence-electron chi connectivity index (χ4n) is 3.58. The molecular weight excluding hydrogens is 463 g/mol. The zero-order valence-corrected chi connectivity index (χ0v) is 17.3. The second kappa shape index (κ2) is 7.79. The monoisotopic (exact) mass is 479 g/mol. The standard InChI is InChI=1S/C21H17BrF3N3O2/c22-14-6-5-13-11-18(26-17(13)12-14)20(30)28-9-7-27(8-10-28)19(29)15-3-1-2-4-16(15)21(23,24)25/h1-6,11-12,26H,7-10H2. The number of benzene rings is 2. The van der Waals surface area contributed by atoms with Crippen molar-refractivity contribution in [2.24, 2.45) is 0 Å². The number of halogens is 4. The van der Waals surface area contributed by atoms with E-state index in [1.807, 2.05) is 18.2 Å². The molecule has 0 spiro atoms. The summed E-state index contributed by atoms with van der Waals surface area (Å²) in [5.74, 6) is -0.879. The van der Waals surface area contributed by atoms with Gasteiger partial charge < -0.3 is 14.8 Å². The Morgan fingerprint density at radius 3 is 2.20 bits per heavy atom. The van der Waals surface area contributed by atoms with E-state index in [2.05, 4.69) is 20.9 Å². The van der Waals surface area contributed by atoms with Crippen LogP contribution in [0.5, 0.6) is 0 Å². The molecule has 2 aromatic carbocycles. The average Bonchev–Trinajstić information content (AvgIpc) is 3.15. The molecule has 2 heterocycles. The summed E-state index contributed by atoms with van der Waals surface area (Å²) in [5.41, 5.74) is -0.0562. The first-order valence-corrected chi connectivity index (χ1v) is 10.1. The van der Waals surface area contributed by atoms with Gasteiger partial charge in [0, 0.05) is 41.6 Å². The zero-order chi connectivity index (χ0) is 21.5. The molecule has 156 valence electrons. The number of alkyl halides is 3. The van der Waals surface area contributed by atoms with E-state index in [0.29, 0.717) is 5.69 Å². The third kappa shape index (κ3) is 3.94. The number of nitrogens with zero attached hydrogens (tertiary/aromatic N) is 2. The molecule has 2 amide bonds. The third-order valence-electron chi connectivity index (χ3n) is 5.13. The van der Waals surface area contributed by atoms with E-state index in [9.17, 15) is 22.8 Å². The van der Waals surface area contributed by atoms with Gasteiger partial charge in [-0.05, 0) is 30.3 Å². The lowest BCUT2D eigenvalue weighted by Crippen LogP contribution is -2.50. The van der Waals surface area contributed by atoms with Gasteiger partial charge in [0.05, 0.1) is 11.1 Å². The van der Waals surface area contributed by atoms with Gasteiger partial charge in [-0.25, -0.2) is 0 Å². The van der Waals surface area contributed by atoms with Crippen LogP contribution < -0.4 is 0 Å².